The van der Waals surface area contributed by atoms with E-state index in [9.17, 15) is 4.79 Å². The molecule has 29 heavy (non-hydrogen) atoms. The van der Waals surface area contributed by atoms with Gasteiger partial charge in [0.25, 0.3) is 0 Å². The first-order chi connectivity index (χ1) is 14.3. The van der Waals surface area contributed by atoms with Crippen LogP contribution in [0.25, 0.3) is 0 Å². The molecule has 4 rings (SSSR count). The Labute approximate surface area is 173 Å². The van der Waals surface area contributed by atoms with E-state index in [2.05, 4.69) is 32.7 Å². The molecule has 0 atom stereocenters. The number of anilines is 1. The molecule has 2 heterocycles. The van der Waals surface area contributed by atoms with Crippen molar-refractivity contribution in [3.63, 3.8) is 0 Å². The Morgan fingerprint density at radius 1 is 0.931 bits per heavy atom. The Bertz CT molecular complexity index is 783. The van der Waals surface area contributed by atoms with Gasteiger partial charge < -0.3 is 15.5 Å². The molecule has 6 nitrogen and oxygen atoms in total. The van der Waals surface area contributed by atoms with Gasteiger partial charge in [-0.05, 0) is 37.3 Å². The van der Waals surface area contributed by atoms with Crippen LogP contribution in [-0.4, -0.2) is 41.2 Å². The second-order valence-electron chi connectivity index (χ2n) is 8.21. The van der Waals surface area contributed by atoms with E-state index >= 15 is 0 Å². The number of benzene rings is 1. The van der Waals surface area contributed by atoms with Gasteiger partial charge >= 0.3 is 6.03 Å². The summed E-state index contributed by atoms with van der Waals surface area (Å²) in [7, 11) is 0. The van der Waals surface area contributed by atoms with Crippen molar-refractivity contribution in [3.8, 4) is 0 Å². The predicted molar refractivity (Wildman–Crippen MR) is 115 cm³/mol. The minimum absolute atomic E-state index is 0.00235. The molecule has 1 saturated carbocycles. The lowest BCUT2D eigenvalue weighted by Gasteiger charge is -2.33. The van der Waals surface area contributed by atoms with E-state index < -0.39 is 0 Å². The lowest BCUT2D eigenvalue weighted by molar-refractivity contribution is 0.226. The van der Waals surface area contributed by atoms with Gasteiger partial charge in [-0.2, -0.15) is 0 Å². The Kier molecular flexibility index (Phi) is 6.60. The number of rotatable bonds is 5. The van der Waals surface area contributed by atoms with E-state index in [4.69, 9.17) is 4.98 Å². The summed E-state index contributed by atoms with van der Waals surface area (Å²) in [6, 6.07) is 12.9. The molecule has 2 aliphatic rings. The van der Waals surface area contributed by atoms with Crippen LogP contribution in [0.3, 0.4) is 0 Å². The van der Waals surface area contributed by atoms with Crippen molar-refractivity contribution < 1.29 is 4.79 Å². The molecule has 1 aromatic carbocycles. The standard InChI is InChI=1S/C23H31N5O/c29-23(25-19-9-5-2-6-10-19)26-20-12-15-28(16-13-20)22-11-14-24-21(27-22)17-18-7-3-1-4-8-18/h1,3-4,7-8,11,14,19-20H,2,5-6,9-10,12-13,15-17H2,(H2,25,26,29). The average Bonchev–Trinajstić information content (AvgIpc) is 2.76. The normalized spacial score (nSPS) is 18.4. The lowest BCUT2D eigenvalue weighted by Crippen LogP contribution is -2.50. The molecule has 2 fully saturated rings. The molecule has 0 spiro atoms. The van der Waals surface area contributed by atoms with Gasteiger partial charge in [-0.25, -0.2) is 14.8 Å². The SMILES string of the molecule is O=C(NC1CCCCC1)NC1CCN(c2ccnc(Cc3ccccc3)n2)CC1. The van der Waals surface area contributed by atoms with Gasteiger partial charge in [-0.15, -0.1) is 0 Å². The van der Waals surface area contributed by atoms with Crippen LogP contribution >= 0.6 is 0 Å². The molecule has 1 aliphatic carbocycles. The van der Waals surface area contributed by atoms with E-state index in [1.54, 1.807) is 0 Å². The van der Waals surface area contributed by atoms with Gasteiger partial charge in [0.1, 0.15) is 11.6 Å². The Morgan fingerprint density at radius 2 is 1.62 bits per heavy atom. The zero-order valence-electron chi connectivity index (χ0n) is 17.0. The number of carbonyl (C=O) groups is 1. The molecule has 154 valence electrons. The lowest BCUT2D eigenvalue weighted by atomic mass is 9.96. The number of carbonyl (C=O) groups excluding carboxylic acids is 1. The van der Waals surface area contributed by atoms with E-state index in [-0.39, 0.29) is 12.1 Å². The highest BCUT2D eigenvalue weighted by molar-refractivity contribution is 5.74. The van der Waals surface area contributed by atoms with E-state index in [0.29, 0.717) is 6.04 Å². The van der Waals surface area contributed by atoms with Gasteiger partial charge in [-0.3, -0.25) is 0 Å². The van der Waals surface area contributed by atoms with Crippen LogP contribution in [0, 0.1) is 0 Å². The van der Waals surface area contributed by atoms with Crippen molar-refractivity contribution in [1.29, 1.82) is 0 Å². The van der Waals surface area contributed by atoms with Crippen molar-refractivity contribution in [3.05, 3.63) is 54.0 Å². The molecule has 2 amide bonds. The number of amides is 2. The highest BCUT2D eigenvalue weighted by atomic mass is 16.2. The number of nitrogens with zero attached hydrogens (tertiary/aromatic N) is 3. The summed E-state index contributed by atoms with van der Waals surface area (Å²) in [5.74, 6) is 1.83. The number of hydrogen-bond acceptors (Lipinski definition) is 4. The molecule has 1 aliphatic heterocycles. The summed E-state index contributed by atoms with van der Waals surface area (Å²) in [5, 5.41) is 6.33. The van der Waals surface area contributed by atoms with Crippen LogP contribution in [0.1, 0.15) is 56.3 Å². The molecule has 1 saturated heterocycles. The summed E-state index contributed by atoms with van der Waals surface area (Å²) in [6.45, 7) is 1.80. The number of hydrogen-bond donors (Lipinski definition) is 2. The molecule has 0 radical (unpaired) electrons. The van der Waals surface area contributed by atoms with Gasteiger partial charge in [0.05, 0.1) is 0 Å². The molecular weight excluding hydrogens is 362 g/mol. The van der Waals surface area contributed by atoms with Crippen LogP contribution in [0.2, 0.25) is 0 Å². The number of piperidine rings is 1. The summed E-state index contributed by atoms with van der Waals surface area (Å²) in [6.07, 6.45) is 10.5. The third-order valence-corrected chi connectivity index (χ3v) is 5.99. The highest BCUT2D eigenvalue weighted by Crippen LogP contribution is 2.19. The van der Waals surface area contributed by atoms with Crippen LogP contribution in [-0.2, 0) is 6.42 Å². The van der Waals surface area contributed by atoms with Crippen LogP contribution < -0.4 is 15.5 Å². The number of aromatic nitrogens is 2. The number of nitrogens with one attached hydrogen (secondary N) is 2. The number of urea groups is 1. The fraction of sp³-hybridized carbons (Fsp3) is 0.522. The Balaban J connectivity index is 1.26. The Hall–Kier alpha value is -2.63. The minimum Gasteiger partial charge on any atom is -0.356 e. The minimum atomic E-state index is 0.00235. The second-order valence-corrected chi connectivity index (χ2v) is 8.21. The molecule has 1 aromatic heterocycles. The van der Waals surface area contributed by atoms with Crippen molar-refractivity contribution in [2.24, 2.45) is 0 Å². The smallest absolute Gasteiger partial charge is 0.315 e. The van der Waals surface area contributed by atoms with E-state index in [0.717, 1.165) is 56.8 Å². The van der Waals surface area contributed by atoms with Gasteiger partial charge in [-0.1, -0.05) is 49.6 Å². The molecule has 0 bridgehead atoms. The molecular formula is C23H31N5O. The fourth-order valence-electron chi connectivity index (χ4n) is 4.34. The third kappa shape index (κ3) is 5.68. The van der Waals surface area contributed by atoms with Crippen LogP contribution in [0.4, 0.5) is 10.6 Å². The first-order valence-corrected chi connectivity index (χ1v) is 10.9. The zero-order valence-corrected chi connectivity index (χ0v) is 17.0. The molecule has 6 heteroatoms. The van der Waals surface area contributed by atoms with Crippen molar-refractivity contribution in [2.75, 3.05) is 18.0 Å². The molecule has 2 aromatic rings. The van der Waals surface area contributed by atoms with Crippen LogP contribution in [0.5, 0.6) is 0 Å². The highest BCUT2D eigenvalue weighted by Gasteiger charge is 2.23. The zero-order chi connectivity index (χ0) is 19.9. The van der Waals surface area contributed by atoms with Crippen molar-refractivity contribution in [2.45, 2.75) is 63.5 Å². The summed E-state index contributed by atoms with van der Waals surface area (Å²) >= 11 is 0. The maximum absolute atomic E-state index is 12.3. The second kappa shape index (κ2) is 9.72. The third-order valence-electron chi connectivity index (χ3n) is 5.99. The van der Waals surface area contributed by atoms with Gasteiger partial charge in [0, 0.05) is 37.8 Å². The Morgan fingerprint density at radius 3 is 2.34 bits per heavy atom. The van der Waals surface area contributed by atoms with Crippen molar-refractivity contribution >= 4 is 11.8 Å². The monoisotopic (exact) mass is 393 g/mol. The van der Waals surface area contributed by atoms with E-state index in [1.165, 1.54) is 24.8 Å². The first kappa shape index (κ1) is 19.7. The predicted octanol–water partition coefficient (Wildman–Crippen LogP) is 3.67. The summed E-state index contributed by atoms with van der Waals surface area (Å²) in [5.41, 5.74) is 1.22. The summed E-state index contributed by atoms with van der Waals surface area (Å²) in [4.78, 5) is 23.8. The fourth-order valence-corrected chi connectivity index (χ4v) is 4.34. The van der Waals surface area contributed by atoms with E-state index in [1.807, 2.05) is 30.5 Å². The average molecular weight is 394 g/mol. The molecule has 2 N–H and O–H groups in total. The molecule has 0 unspecified atom stereocenters. The van der Waals surface area contributed by atoms with Crippen LogP contribution in [0.15, 0.2) is 42.6 Å². The maximum atomic E-state index is 12.3. The first-order valence-electron chi connectivity index (χ1n) is 10.9. The largest absolute Gasteiger partial charge is 0.356 e. The van der Waals surface area contributed by atoms with Gasteiger partial charge in [0.2, 0.25) is 0 Å². The summed E-state index contributed by atoms with van der Waals surface area (Å²) < 4.78 is 0. The van der Waals surface area contributed by atoms with Crippen molar-refractivity contribution in [1.82, 2.24) is 20.6 Å². The quantitative estimate of drug-likeness (QED) is 0.813. The van der Waals surface area contributed by atoms with Gasteiger partial charge in [0.15, 0.2) is 0 Å². The maximum Gasteiger partial charge on any atom is 0.315 e. The topological polar surface area (TPSA) is 70.2 Å².